The van der Waals surface area contributed by atoms with Gasteiger partial charge < -0.3 is 5.32 Å². The summed E-state index contributed by atoms with van der Waals surface area (Å²) in [7, 11) is 0. The molecule has 0 amide bonds. The Morgan fingerprint density at radius 3 is 2.50 bits per heavy atom. The van der Waals surface area contributed by atoms with Crippen LogP contribution in [0.15, 0.2) is 35.0 Å². The summed E-state index contributed by atoms with van der Waals surface area (Å²) in [6, 6.07) is 4.60. The first-order chi connectivity index (χ1) is 9.43. The summed E-state index contributed by atoms with van der Waals surface area (Å²) in [5, 5.41) is 6.84. The predicted octanol–water partition coefficient (Wildman–Crippen LogP) is 4.60. The highest BCUT2D eigenvalue weighted by Crippen LogP contribution is 2.34. The van der Waals surface area contributed by atoms with E-state index in [0.29, 0.717) is 12.1 Å². The molecule has 0 aliphatic heterocycles. The average molecular weight is 303 g/mol. The summed E-state index contributed by atoms with van der Waals surface area (Å²) < 4.78 is 51.6. The highest BCUT2D eigenvalue weighted by Gasteiger charge is 2.34. The smallest absolute Gasteiger partial charge is 0.307 e. The number of halogens is 4. The van der Waals surface area contributed by atoms with Gasteiger partial charge in [-0.3, -0.25) is 0 Å². The fourth-order valence-corrected chi connectivity index (χ4v) is 2.70. The molecule has 1 N–H and O–H groups in total. The highest BCUT2D eigenvalue weighted by molar-refractivity contribution is 7.08. The molecule has 1 aromatic heterocycles. The van der Waals surface area contributed by atoms with E-state index in [4.69, 9.17) is 0 Å². The zero-order valence-electron chi connectivity index (χ0n) is 10.7. The number of thiophene rings is 1. The van der Waals surface area contributed by atoms with E-state index in [2.05, 4.69) is 5.32 Å². The van der Waals surface area contributed by atoms with Crippen molar-refractivity contribution in [2.45, 2.75) is 19.1 Å². The summed E-state index contributed by atoms with van der Waals surface area (Å²) in [5.74, 6) is -1.25. The van der Waals surface area contributed by atoms with Crippen LogP contribution in [-0.2, 0) is 6.18 Å². The number of alkyl halides is 3. The minimum Gasteiger partial charge on any atom is -0.307 e. The van der Waals surface area contributed by atoms with Gasteiger partial charge in [-0.05, 0) is 46.6 Å². The standard InChI is InChI=1S/C14H13F4NS/c1-2-19-13(10-5-6-20-8-10)9-3-4-12(15)11(7-9)14(16,17)18/h3-8,13,19H,2H2,1H3. The van der Waals surface area contributed by atoms with Gasteiger partial charge in [-0.15, -0.1) is 0 Å². The Balaban J connectivity index is 2.45. The maximum absolute atomic E-state index is 13.3. The van der Waals surface area contributed by atoms with Gasteiger partial charge >= 0.3 is 6.18 Å². The fourth-order valence-electron chi connectivity index (χ4n) is 2.01. The molecule has 0 aliphatic carbocycles. The van der Waals surface area contributed by atoms with Crippen molar-refractivity contribution in [3.05, 3.63) is 57.5 Å². The summed E-state index contributed by atoms with van der Waals surface area (Å²) in [4.78, 5) is 0. The second-order valence-corrected chi connectivity index (χ2v) is 5.06. The molecule has 1 aromatic carbocycles. The van der Waals surface area contributed by atoms with Gasteiger partial charge in [0.15, 0.2) is 0 Å². The van der Waals surface area contributed by atoms with Crippen LogP contribution in [-0.4, -0.2) is 6.54 Å². The van der Waals surface area contributed by atoms with Crippen molar-refractivity contribution in [2.75, 3.05) is 6.54 Å². The van der Waals surface area contributed by atoms with E-state index in [-0.39, 0.29) is 6.04 Å². The summed E-state index contributed by atoms with van der Waals surface area (Å²) in [6.07, 6.45) is -4.69. The Hall–Kier alpha value is -1.40. The molecular weight excluding hydrogens is 290 g/mol. The largest absolute Gasteiger partial charge is 0.419 e. The lowest BCUT2D eigenvalue weighted by molar-refractivity contribution is -0.140. The van der Waals surface area contributed by atoms with Gasteiger partial charge in [0.25, 0.3) is 0 Å². The maximum atomic E-state index is 13.3. The number of nitrogens with one attached hydrogen (secondary N) is 1. The molecule has 0 spiro atoms. The van der Waals surface area contributed by atoms with Gasteiger partial charge in [0.2, 0.25) is 0 Å². The van der Waals surface area contributed by atoms with Crippen LogP contribution in [0.4, 0.5) is 17.6 Å². The van der Waals surface area contributed by atoms with Crippen LogP contribution >= 0.6 is 11.3 Å². The predicted molar refractivity (Wildman–Crippen MR) is 71.2 cm³/mol. The van der Waals surface area contributed by atoms with Gasteiger partial charge in [-0.25, -0.2) is 4.39 Å². The Kier molecular flexibility index (Phi) is 4.45. The van der Waals surface area contributed by atoms with Crippen molar-refractivity contribution < 1.29 is 17.6 Å². The molecule has 0 saturated heterocycles. The first-order valence-corrected chi connectivity index (χ1v) is 7.00. The van der Waals surface area contributed by atoms with E-state index in [1.807, 2.05) is 23.8 Å². The molecular formula is C14H13F4NS. The fraction of sp³-hybridized carbons (Fsp3) is 0.286. The van der Waals surface area contributed by atoms with Crippen molar-refractivity contribution >= 4 is 11.3 Å². The minimum absolute atomic E-state index is 0.368. The molecule has 20 heavy (non-hydrogen) atoms. The molecule has 1 nitrogen and oxygen atoms in total. The monoisotopic (exact) mass is 303 g/mol. The minimum atomic E-state index is -4.69. The lowest BCUT2D eigenvalue weighted by atomic mass is 9.98. The number of hydrogen-bond donors (Lipinski definition) is 1. The van der Waals surface area contributed by atoms with Crippen LogP contribution in [0.5, 0.6) is 0 Å². The SMILES string of the molecule is CCNC(c1ccsc1)c1ccc(F)c(C(F)(F)F)c1. The third kappa shape index (κ3) is 3.19. The lowest BCUT2D eigenvalue weighted by Crippen LogP contribution is -2.22. The first-order valence-electron chi connectivity index (χ1n) is 6.05. The summed E-state index contributed by atoms with van der Waals surface area (Å²) in [5.41, 5.74) is 0.0451. The number of rotatable bonds is 4. The molecule has 2 aromatic rings. The van der Waals surface area contributed by atoms with Crippen molar-refractivity contribution in [3.63, 3.8) is 0 Å². The number of hydrogen-bond acceptors (Lipinski definition) is 2. The molecule has 1 heterocycles. The molecule has 2 rings (SSSR count). The Morgan fingerprint density at radius 2 is 1.95 bits per heavy atom. The van der Waals surface area contributed by atoms with E-state index in [0.717, 1.165) is 17.7 Å². The van der Waals surface area contributed by atoms with Gasteiger partial charge in [0, 0.05) is 0 Å². The van der Waals surface area contributed by atoms with Crippen LogP contribution in [0.2, 0.25) is 0 Å². The quantitative estimate of drug-likeness (QED) is 0.814. The Labute approximate surface area is 118 Å². The molecule has 1 unspecified atom stereocenters. The third-order valence-corrected chi connectivity index (χ3v) is 3.62. The summed E-state index contributed by atoms with van der Waals surface area (Å²) in [6.45, 7) is 2.47. The second-order valence-electron chi connectivity index (χ2n) is 4.28. The molecule has 6 heteroatoms. The molecule has 0 saturated carbocycles. The van der Waals surface area contributed by atoms with E-state index < -0.39 is 17.6 Å². The molecule has 0 radical (unpaired) electrons. The Morgan fingerprint density at radius 1 is 1.20 bits per heavy atom. The highest BCUT2D eigenvalue weighted by atomic mass is 32.1. The van der Waals surface area contributed by atoms with E-state index in [1.54, 1.807) is 0 Å². The van der Waals surface area contributed by atoms with Crippen LogP contribution in [0.25, 0.3) is 0 Å². The van der Waals surface area contributed by atoms with Gasteiger partial charge in [0.05, 0.1) is 11.6 Å². The normalized spacial score (nSPS) is 13.4. The van der Waals surface area contributed by atoms with Gasteiger partial charge in [0.1, 0.15) is 5.82 Å². The summed E-state index contributed by atoms with van der Waals surface area (Å²) >= 11 is 1.47. The molecule has 0 fully saturated rings. The average Bonchev–Trinajstić information content (AvgIpc) is 2.89. The van der Waals surface area contributed by atoms with E-state index in [1.165, 1.54) is 17.4 Å². The van der Waals surface area contributed by atoms with E-state index in [9.17, 15) is 17.6 Å². The van der Waals surface area contributed by atoms with Crippen molar-refractivity contribution in [1.82, 2.24) is 5.32 Å². The van der Waals surface area contributed by atoms with Crippen LogP contribution in [0.3, 0.4) is 0 Å². The van der Waals surface area contributed by atoms with E-state index >= 15 is 0 Å². The van der Waals surface area contributed by atoms with Crippen molar-refractivity contribution in [1.29, 1.82) is 0 Å². The zero-order valence-corrected chi connectivity index (χ0v) is 11.5. The van der Waals surface area contributed by atoms with Gasteiger partial charge in [-0.1, -0.05) is 13.0 Å². The topological polar surface area (TPSA) is 12.0 Å². The van der Waals surface area contributed by atoms with Crippen molar-refractivity contribution in [3.8, 4) is 0 Å². The molecule has 108 valence electrons. The molecule has 1 atom stereocenters. The van der Waals surface area contributed by atoms with Crippen LogP contribution in [0, 0.1) is 5.82 Å². The third-order valence-electron chi connectivity index (χ3n) is 2.91. The van der Waals surface area contributed by atoms with Crippen LogP contribution in [0.1, 0.15) is 29.7 Å². The first kappa shape index (κ1) is 15.0. The number of benzene rings is 1. The molecule has 0 aliphatic rings. The van der Waals surface area contributed by atoms with Gasteiger partial charge in [-0.2, -0.15) is 24.5 Å². The Bertz CT molecular complexity index is 563. The van der Waals surface area contributed by atoms with Crippen LogP contribution < -0.4 is 5.32 Å². The second kappa shape index (κ2) is 5.93. The molecule has 0 bridgehead atoms. The zero-order chi connectivity index (χ0) is 14.8. The van der Waals surface area contributed by atoms with Crippen molar-refractivity contribution in [2.24, 2.45) is 0 Å². The lowest BCUT2D eigenvalue weighted by Gasteiger charge is -2.19. The maximum Gasteiger partial charge on any atom is 0.419 e.